The Morgan fingerprint density at radius 2 is 2.42 bits per heavy atom. The monoisotopic (exact) mass is 170 g/mol. The highest BCUT2D eigenvalue weighted by Gasteiger charge is 2.20. The van der Waals surface area contributed by atoms with Gasteiger partial charge >= 0.3 is 0 Å². The van der Waals surface area contributed by atoms with Crippen LogP contribution in [0.2, 0.25) is 0 Å². The van der Waals surface area contributed by atoms with E-state index in [1.807, 2.05) is 0 Å². The van der Waals surface area contributed by atoms with Crippen molar-refractivity contribution in [3.63, 3.8) is 0 Å². The van der Waals surface area contributed by atoms with Gasteiger partial charge in [-0.15, -0.1) is 6.58 Å². The molecule has 0 bridgehead atoms. The first-order chi connectivity index (χ1) is 5.84. The molecule has 3 heteroatoms. The van der Waals surface area contributed by atoms with E-state index in [-0.39, 0.29) is 0 Å². The Kier molecular flexibility index (Phi) is 4.29. The third-order valence-electron chi connectivity index (χ3n) is 2.21. The first-order valence-electron chi connectivity index (χ1n) is 4.44. The fourth-order valence-corrected chi connectivity index (χ4v) is 1.14. The van der Waals surface area contributed by atoms with Crippen molar-refractivity contribution in [3.8, 4) is 0 Å². The number of hydrogen-bond donors (Lipinski definition) is 1. The maximum absolute atomic E-state index is 5.29. The molecule has 0 atom stereocenters. The standard InChI is InChI=1S/C9H18N2O/c1-3-5-12-6-4-11(2)9-7-10-8-9/h3,9-10H,1,4-8H2,2H3. The molecule has 0 aromatic heterocycles. The van der Waals surface area contributed by atoms with E-state index < -0.39 is 0 Å². The molecule has 1 aliphatic rings. The Bertz CT molecular complexity index is 134. The molecule has 0 aliphatic carbocycles. The van der Waals surface area contributed by atoms with Crippen LogP contribution in [-0.4, -0.2) is 50.8 Å². The third-order valence-corrected chi connectivity index (χ3v) is 2.21. The fourth-order valence-electron chi connectivity index (χ4n) is 1.14. The van der Waals surface area contributed by atoms with Crippen LogP contribution in [0.5, 0.6) is 0 Å². The van der Waals surface area contributed by atoms with Gasteiger partial charge in [-0.05, 0) is 7.05 Å². The van der Waals surface area contributed by atoms with Crippen molar-refractivity contribution in [2.24, 2.45) is 0 Å². The zero-order valence-electron chi connectivity index (χ0n) is 7.75. The number of nitrogens with zero attached hydrogens (tertiary/aromatic N) is 1. The summed E-state index contributed by atoms with van der Waals surface area (Å²) in [6, 6.07) is 0.720. The van der Waals surface area contributed by atoms with Gasteiger partial charge in [0, 0.05) is 25.7 Å². The minimum absolute atomic E-state index is 0.663. The van der Waals surface area contributed by atoms with E-state index in [0.29, 0.717) is 6.61 Å². The smallest absolute Gasteiger partial charge is 0.0645 e. The van der Waals surface area contributed by atoms with E-state index in [9.17, 15) is 0 Å². The van der Waals surface area contributed by atoms with E-state index in [2.05, 4.69) is 23.8 Å². The molecular weight excluding hydrogens is 152 g/mol. The van der Waals surface area contributed by atoms with Crippen molar-refractivity contribution < 1.29 is 4.74 Å². The lowest BCUT2D eigenvalue weighted by atomic mass is 10.1. The van der Waals surface area contributed by atoms with Gasteiger partial charge in [-0.3, -0.25) is 4.90 Å². The largest absolute Gasteiger partial charge is 0.376 e. The molecule has 1 rings (SSSR count). The fraction of sp³-hybridized carbons (Fsp3) is 0.778. The van der Waals surface area contributed by atoms with E-state index in [4.69, 9.17) is 4.74 Å². The van der Waals surface area contributed by atoms with Gasteiger partial charge in [-0.2, -0.15) is 0 Å². The van der Waals surface area contributed by atoms with Crippen LogP contribution in [-0.2, 0) is 4.74 Å². The van der Waals surface area contributed by atoms with Crippen molar-refractivity contribution in [2.75, 3.05) is 39.9 Å². The van der Waals surface area contributed by atoms with Gasteiger partial charge in [0.2, 0.25) is 0 Å². The van der Waals surface area contributed by atoms with Gasteiger partial charge in [0.05, 0.1) is 13.2 Å². The zero-order chi connectivity index (χ0) is 8.81. The molecule has 0 spiro atoms. The Hall–Kier alpha value is -0.380. The number of hydrogen-bond acceptors (Lipinski definition) is 3. The highest BCUT2D eigenvalue weighted by atomic mass is 16.5. The first kappa shape index (κ1) is 9.71. The van der Waals surface area contributed by atoms with E-state index in [0.717, 1.165) is 32.3 Å². The summed E-state index contributed by atoms with van der Waals surface area (Å²) in [5.41, 5.74) is 0. The third kappa shape index (κ3) is 2.93. The average Bonchev–Trinajstić information content (AvgIpc) is 1.95. The van der Waals surface area contributed by atoms with E-state index >= 15 is 0 Å². The number of likely N-dealkylation sites (N-methyl/N-ethyl adjacent to an activating group) is 1. The van der Waals surface area contributed by atoms with Crippen molar-refractivity contribution in [3.05, 3.63) is 12.7 Å². The lowest BCUT2D eigenvalue weighted by Crippen LogP contribution is -2.56. The molecule has 0 radical (unpaired) electrons. The van der Waals surface area contributed by atoms with E-state index in [1.165, 1.54) is 0 Å². The molecule has 0 aromatic rings. The van der Waals surface area contributed by atoms with Crippen LogP contribution in [0.15, 0.2) is 12.7 Å². The van der Waals surface area contributed by atoms with Gasteiger partial charge in [-0.1, -0.05) is 6.08 Å². The van der Waals surface area contributed by atoms with Gasteiger partial charge in [0.15, 0.2) is 0 Å². The van der Waals surface area contributed by atoms with Crippen molar-refractivity contribution in [1.82, 2.24) is 10.2 Å². The molecule has 70 valence electrons. The van der Waals surface area contributed by atoms with Crippen LogP contribution in [0.25, 0.3) is 0 Å². The second-order valence-electron chi connectivity index (χ2n) is 3.16. The molecular formula is C9H18N2O. The minimum atomic E-state index is 0.663. The summed E-state index contributed by atoms with van der Waals surface area (Å²) in [5.74, 6) is 0. The summed E-state index contributed by atoms with van der Waals surface area (Å²) in [5, 5.41) is 3.25. The molecule has 12 heavy (non-hydrogen) atoms. The van der Waals surface area contributed by atoms with Crippen LogP contribution in [0.1, 0.15) is 0 Å². The molecule has 0 unspecified atom stereocenters. The second kappa shape index (κ2) is 5.30. The Morgan fingerprint density at radius 1 is 1.67 bits per heavy atom. The number of nitrogens with one attached hydrogen (secondary N) is 1. The molecule has 1 aliphatic heterocycles. The molecule has 0 saturated carbocycles. The van der Waals surface area contributed by atoms with Crippen LogP contribution in [0.4, 0.5) is 0 Å². The Balaban J connectivity index is 1.94. The molecule has 1 saturated heterocycles. The van der Waals surface area contributed by atoms with Crippen LogP contribution in [0, 0.1) is 0 Å². The van der Waals surface area contributed by atoms with Crippen molar-refractivity contribution in [2.45, 2.75) is 6.04 Å². The summed E-state index contributed by atoms with van der Waals surface area (Å²) >= 11 is 0. The summed E-state index contributed by atoms with van der Waals surface area (Å²) in [6.07, 6.45) is 1.78. The summed E-state index contributed by atoms with van der Waals surface area (Å²) in [7, 11) is 2.14. The summed E-state index contributed by atoms with van der Waals surface area (Å²) in [4.78, 5) is 2.33. The lowest BCUT2D eigenvalue weighted by molar-refractivity contribution is 0.101. The van der Waals surface area contributed by atoms with Gasteiger partial charge in [0.1, 0.15) is 0 Å². The van der Waals surface area contributed by atoms with Crippen molar-refractivity contribution in [1.29, 1.82) is 0 Å². The quantitative estimate of drug-likeness (QED) is 0.452. The van der Waals surface area contributed by atoms with Crippen LogP contribution < -0.4 is 5.32 Å². The highest BCUT2D eigenvalue weighted by molar-refractivity contribution is 4.82. The van der Waals surface area contributed by atoms with Crippen LogP contribution in [0.3, 0.4) is 0 Å². The average molecular weight is 170 g/mol. The molecule has 1 fully saturated rings. The predicted octanol–water partition coefficient (Wildman–Crippen LogP) is 0.0926. The number of ether oxygens (including phenoxy) is 1. The van der Waals surface area contributed by atoms with Gasteiger partial charge in [0.25, 0.3) is 0 Å². The zero-order valence-corrected chi connectivity index (χ0v) is 7.75. The molecule has 0 amide bonds. The maximum Gasteiger partial charge on any atom is 0.0645 e. The SMILES string of the molecule is C=CCOCCN(C)C1CNC1. The predicted molar refractivity (Wildman–Crippen MR) is 50.3 cm³/mol. The molecule has 3 nitrogen and oxygen atoms in total. The summed E-state index contributed by atoms with van der Waals surface area (Å²) in [6.45, 7) is 8.32. The van der Waals surface area contributed by atoms with Crippen LogP contribution >= 0.6 is 0 Å². The van der Waals surface area contributed by atoms with Gasteiger partial charge < -0.3 is 10.1 Å². The summed E-state index contributed by atoms with van der Waals surface area (Å²) < 4.78 is 5.29. The lowest BCUT2D eigenvalue weighted by Gasteiger charge is -2.35. The maximum atomic E-state index is 5.29. The Labute approximate surface area is 74.4 Å². The van der Waals surface area contributed by atoms with Crippen molar-refractivity contribution >= 4 is 0 Å². The normalized spacial score (nSPS) is 17.8. The Morgan fingerprint density at radius 3 is 2.92 bits per heavy atom. The van der Waals surface area contributed by atoms with Gasteiger partial charge in [-0.25, -0.2) is 0 Å². The minimum Gasteiger partial charge on any atom is -0.376 e. The number of rotatable bonds is 6. The molecule has 0 aromatic carbocycles. The topological polar surface area (TPSA) is 24.5 Å². The first-order valence-corrected chi connectivity index (χ1v) is 4.44. The van der Waals surface area contributed by atoms with E-state index in [1.54, 1.807) is 6.08 Å². The molecule has 1 heterocycles. The molecule has 1 N–H and O–H groups in total. The highest BCUT2D eigenvalue weighted by Crippen LogP contribution is 2.00. The second-order valence-corrected chi connectivity index (χ2v) is 3.16.